The molecular weight excluding hydrogens is 665 g/mol. The Bertz CT molecular complexity index is 2930. The zero-order valence-electron chi connectivity index (χ0n) is 30.2. The van der Waals surface area contributed by atoms with Gasteiger partial charge in [-0.2, -0.15) is 5.10 Å². The van der Waals surface area contributed by atoms with Crippen molar-refractivity contribution >= 4 is 16.3 Å². The van der Waals surface area contributed by atoms with Crippen LogP contribution in [0.4, 0.5) is 0 Å². The summed E-state index contributed by atoms with van der Waals surface area (Å²) in [5.41, 5.74) is 16.9. The average molecular weight is 701 g/mol. The third kappa shape index (κ3) is 6.00. The van der Waals surface area contributed by atoms with Crippen LogP contribution in [0.25, 0.3) is 94.4 Å². The molecule has 2 heterocycles. The molecule has 0 aliphatic rings. The van der Waals surface area contributed by atoms with Gasteiger partial charge in [-0.05, 0) is 85.8 Å². The smallest absolute Gasteiger partial charge is 0.101 e. The van der Waals surface area contributed by atoms with Crippen LogP contribution >= 0.6 is 0 Å². The summed E-state index contributed by atoms with van der Waals surface area (Å²) in [4.78, 5) is 0. The molecule has 0 unspecified atom stereocenters. The molecule has 0 radical (unpaired) electrons. The third-order valence-electron chi connectivity index (χ3n) is 10.6. The van der Waals surface area contributed by atoms with Gasteiger partial charge in [0.25, 0.3) is 0 Å². The molecule has 0 fully saturated rings. The van der Waals surface area contributed by atoms with Gasteiger partial charge in [0.15, 0.2) is 0 Å². The highest BCUT2D eigenvalue weighted by molar-refractivity contribution is 6.12. The molecule has 0 saturated carbocycles. The lowest BCUT2D eigenvalue weighted by atomic mass is 9.89. The lowest BCUT2D eigenvalue weighted by Gasteiger charge is -2.16. The van der Waals surface area contributed by atoms with Gasteiger partial charge in [-0.3, -0.25) is 0 Å². The van der Waals surface area contributed by atoms with Crippen LogP contribution in [0.5, 0.6) is 0 Å². The van der Waals surface area contributed by atoms with Gasteiger partial charge in [-0.25, -0.2) is 4.52 Å². The quantitative estimate of drug-likeness (QED) is 0.162. The molecule has 2 aromatic heterocycles. The van der Waals surface area contributed by atoms with Crippen molar-refractivity contribution in [3.8, 4) is 78.1 Å². The van der Waals surface area contributed by atoms with Gasteiger partial charge < -0.3 is 0 Å². The maximum Gasteiger partial charge on any atom is 0.101 e. The van der Waals surface area contributed by atoms with E-state index in [2.05, 4.69) is 223 Å². The maximum absolute atomic E-state index is 5.62. The van der Waals surface area contributed by atoms with Crippen molar-refractivity contribution in [1.29, 1.82) is 0 Å². The van der Waals surface area contributed by atoms with Crippen molar-refractivity contribution in [3.63, 3.8) is 0 Å². The lowest BCUT2D eigenvalue weighted by Crippen LogP contribution is -1.97. The Morgan fingerprint density at radius 1 is 0.309 bits per heavy atom. The summed E-state index contributed by atoms with van der Waals surface area (Å²) >= 11 is 0. The fourth-order valence-corrected chi connectivity index (χ4v) is 7.96. The summed E-state index contributed by atoms with van der Waals surface area (Å²) in [7, 11) is 0. The van der Waals surface area contributed by atoms with E-state index < -0.39 is 0 Å². The number of rotatable bonds is 7. The van der Waals surface area contributed by atoms with Gasteiger partial charge in [-0.1, -0.05) is 188 Å². The highest BCUT2D eigenvalue weighted by atomic mass is 15.2. The molecule has 0 atom stereocenters. The second-order valence-corrected chi connectivity index (χ2v) is 14.0. The van der Waals surface area contributed by atoms with Crippen molar-refractivity contribution in [1.82, 2.24) is 9.61 Å². The van der Waals surface area contributed by atoms with E-state index >= 15 is 0 Å². The molecule has 55 heavy (non-hydrogen) atoms. The van der Waals surface area contributed by atoms with E-state index in [0.29, 0.717) is 0 Å². The normalized spacial score (nSPS) is 11.3. The number of benzene rings is 8. The van der Waals surface area contributed by atoms with Crippen LogP contribution in [-0.2, 0) is 0 Å². The predicted octanol–water partition coefficient (Wildman–Crippen LogP) is 14.2. The van der Waals surface area contributed by atoms with Gasteiger partial charge in [0.2, 0.25) is 0 Å². The van der Waals surface area contributed by atoms with Gasteiger partial charge in [-0.15, -0.1) is 0 Å². The van der Waals surface area contributed by atoms with Gasteiger partial charge in [0, 0.05) is 22.1 Å². The Morgan fingerprint density at radius 2 is 0.727 bits per heavy atom. The first-order chi connectivity index (χ1) is 27.3. The first-order valence-corrected chi connectivity index (χ1v) is 18.8. The summed E-state index contributed by atoms with van der Waals surface area (Å²) in [6.45, 7) is 0. The molecule has 258 valence electrons. The average Bonchev–Trinajstić information content (AvgIpc) is 3.68. The fourth-order valence-electron chi connectivity index (χ4n) is 7.96. The summed E-state index contributed by atoms with van der Waals surface area (Å²) in [6.07, 6.45) is 0. The van der Waals surface area contributed by atoms with E-state index in [1.54, 1.807) is 0 Å². The minimum absolute atomic E-state index is 0.945. The molecule has 10 aromatic rings. The molecular formula is C53H36N2. The highest BCUT2D eigenvalue weighted by Crippen LogP contribution is 2.45. The second kappa shape index (κ2) is 13.9. The SMILES string of the molecule is c1ccc(-c2cccc(-c3nn4c(-c5ccccc5)cc5cc(-c6ccccc6)c(-c6ccccc6)cc5c4c3-c3cccc(-c4ccccc4)c3)c2)cc1. The number of pyridine rings is 1. The Kier molecular flexibility index (Phi) is 8.20. The summed E-state index contributed by atoms with van der Waals surface area (Å²) in [5, 5.41) is 7.93. The molecule has 10 rings (SSSR count). The molecule has 2 heteroatoms. The van der Waals surface area contributed by atoms with Crippen molar-refractivity contribution < 1.29 is 0 Å². The molecule has 2 nitrogen and oxygen atoms in total. The van der Waals surface area contributed by atoms with E-state index in [-0.39, 0.29) is 0 Å². The molecule has 0 aliphatic carbocycles. The number of hydrogen-bond acceptors (Lipinski definition) is 1. The van der Waals surface area contributed by atoms with Crippen LogP contribution in [0.2, 0.25) is 0 Å². The number of hydrogen-bond donors (Lipinski definition) is 0. The Balaban J connectivity index is 1.35. The Morgan fingerprint density at radius 3 is 1.27 bits per heavy atom. The van der Waals surface area contributed by atoms with E-state index in [0.717, 1.165) is 55.5 Å². The zero-order chi connectivity index (χ0) is 36.6. The largest absolute Gasteiger partial charge is 0.231 e. The van der Waals surface area contributed by atoms with Crippen LogP contribution in [0.3, 0.4) is 0 Å². The first kappa shape index (κ1) is 32.4. The van der Waals surface area contributed by atoms with Gasteiger partial charge >= 0.3 is 0 Å². The van der Waals surface area contributed by atoms with Crippen LogP contribution in [0.1, 0.15) is 0 Å². The maximum atomic E-state index is 5.62. The van der Waals surface area contributed by atoms with E-state index in [1.807, 2.05) is 0 Å². The Labute approximate surface area is 321 Å². The molecule has 0 amide bonds. The molecule has 0 N–H and O–H groups in total. The number of nitrogens with zero attached hydrogens (tertiary/aromatic N) is 2. The standard InChI is InChI=1S/C53H36N2/c1-6-18-37(19-7-1)42-28-16-30-44(32-42)51-52(45-31-17-29-43(33-45)38-20-8-2-9-21-38)54-55-50(41-26-14-5-15-27-41)35-46-34-47(39-22-10-3-11-23-39)48(36-49(46)53(51)55)40-24-12-4-13-25-40/h1-36H. The molecule has 0 saturated heterocycles. The molecule has 0 aliphatic heterocycles. The minimum atomic E-state index is 0.945. The van der Waals surface area contributed by atoms with E-state index in [9.17, 15) is 0 Å². The lowest BCUT2D eigenvalue weighted by molar-refractivity contribution is 0.980. The summed E-state index contributed by atoms with van der Waals surface area (Å²) in [5.74, 6) is 0. The van der Waals surface area contributed by atoms with Crippen molar-refractivity contribution in [2.24, 2.45) is 0 Å². The monoisotopic (exact) mass is 700 g/mol. The molecule has 0 bridgehead atoms. The first-order valence-electron chi connectivity index (χ1n) is 18.8. The van der Waals surface area contributed by atoms with Gasteiger partial charge in [0.05, 0.1) is 11.2 Å². The van der Waals surface area contributed by atoms with Crippen LogP contribution in [-0.4, -0.2) is 9.61 Å². The zero-order valence-corrected chi connectivity index (χ0v) is 30.2. The van der Waals surface area contributed by atoms with Crippen molar-refractivity contribution in [2.75, 3.05) is 0 Å². The predicted molar refractivity (Wildman–Crippen MR) is 231 cm³/mol. The van der Waals surface area contributed by atoms with Crippen LogP contribution in [0, 0.1) is 0 Å². The van der Waals surface area contributed by atoms with Crippen molar-refractivity contribution in [2.45, 2.75) is 0 Å². The Hall–Kier alpha value is -7.29. The van der Waals surface area contributed by atoms with Crippen LogP contribution < -0.4 is 0 Å². The van der Waals surface area contributed by atoms with Gasteiger partial charge in [0.1, 0.15) is 5.69 Å². The minimum Gasteiger partial charge on any atom is -0.231 e. The summed E-state index contributed by atoms with van der Waals surface area (Å²) < 4.78 is 2.20. The third-order valence-corrected chi connectivity index (χ3v) is 10.6. The van der Waals surface area contributed by atoms with E-state index in [1.165, 1.54) is 38.9 Å². The fraction of sp³-hybridized carbons (Fsp3) is 0. The number of aromatic nitrogens is 2. The van der Waals surface area contributed by atoms with Crippen LogP contribution in [0.15, 0.2) is 218 Å². The topological polar surface area (TPSA) is 17.3 Å². The highest BCUT2D eigenvalue weighted by Gasteiger charge is 2.24. The summed E-state index contributed by atoms with van der Waals surface area (Å²) in [6, 6.07) is 78.3. The second-order valence-electron chi connectivity index (χ2n) is 14.0. The molecule has 0 spiro atoms. The number of fused-ring (bicyclic) bond motifs is 3. The van der Waals surface area contributed by atoms with Crippen molar-refractivity contribution in [3.05, 3.63) is 218 Å². The van der Waals surface area contributed by atoms with E-state index in [4.69, 9.17) is 5.10 Å². The molecule has 8 aromatic carbocycles.